The molecule has 0 bridgehead atoms. The summed E-state index contributed by atoms with van der Waals surface area (Å²) in [7, 11) is -3.27. The van der Waals surface area contributed by atoms with E-state index in [1.807, 2.05) is 0 Å². The van der Waals surface area contributed by atoms with E-state index in [4.69, 9.17) is 9.47 Å². The van der Waals surface area contributed by atoms with Gasteiger partial charge in [-0.15, -0.1) is 0 Å². The van der Waals surface area contributed by atoms with Gasteiger partial charge in [0.1, 0.15) is 13.2 Å². The molecule has 1 aliphatic rings. The SMILES string of the molecule is CC(C)CNCCCS(=O)(=O)c1ccc2c(c1)OCCO2. The second kappa shape index (κ2) is 7.13. The third-order valence-corrected chi connectivity index (χ3v) is 4.99. The van der Waals surface area contributed by atoms with Gasteiger partial charge in [0, 0.05) is 6.07 Å². The maximum Gasteiger partial charge on any atom is 0.178 e. The lowest BCUT2D eigenvalue weighted by Crippen LogP contribution is -2.23. The van der Waals surface area contributed by atoms with E-state index in [2.05, 4.69) is 19.2 Å². The first kappa shape index (κ1) is 16.1. The minimum atomic E-state index is -3.27. The standard InChI is InChI=1S/C15H23NO4S/c1-12(2)11-16-6-3-9-21(17,18)13-4-5-14-15(10-13)20-8-7-19-14/h4-5,10,12,16H,3,6-9,11H2,1-2H3. The Morgan fingerprint density at radius 2 is 1.90 bits per heavy atom. The number of rotatable bonds is 7. The second-order valence-corrected chi connectivity index (χ2v) is 7.69. The summed E-state index contributed by atoms with van der Waals surface area (Å²) in [5.74, 6) is 1.83. The van der Waals surface area contributed by atoms with Gasteiger partial charge in [0.25, 0.3) is 0 Å². The van der Waals surface area contributed by atoms with Crippen molar-refractivity contribution in [1.29, 1.82) is 0 Å². The Hall–Kier alpha value is -1.27. The molecule has 0 saturated carbocycles. The Labute approximate surface area is 126 Å². The fraction of sp³-hybridized carbons (Fsp3) is 0.600. The number of hydrogen-bond donors (Lipinski definition) is 1. The highest BCUT2D eigenvalue weighted by Gasteiger charge is 2.19. The zero-order valence-corrected chi connectivity index (χ0v) is 13.4. The van der Waals surface area contributed by atoms with E-state index in [0.717, 1.165) is 6.54 Å². The molecule has 0 spiro atoms. The van der Waals surface area contributed by atoms with E-state index in [1.165, 1.54) is 0 Å². The Bertz CT molecular complexity index is 569. The molecule has 118 valence electrons. The summed E-state index contributed by atoms with van der Waals surface area (Å²) in [4.78, 5) is 0.301. The van der Waals surface area contributed by atoms with Gasteiger partial charge in [-0.25, -0.2) is 8.42 Å². The molecular formula is C15H23NO4S. The van der Waals surface area contributed by atoms with Gasteiger partial charge >= 0.3 is 0 Å². The number of nitrogens with one attached hydrogen (secondary N) is 1. The van der Waals surface area contributed by atoms with Crippen LogP contribution in [-0.4, -0.2) is 40.5 Å². The van der Waals surface area contributed by atoms with Gasteiger partial charge in [0.2, 0.25) is 0 Å². The maximum atomic E-state index is 12.3. The minimum Gasteiger partial charge on any atom is -0.486 e. The number of benzene rings is 1. The Morgan fingerprint density at radius 1 is 1.19 bits per heavy atom. The van der Waals surface area contributed by atoms with Crippen molar-refractivity contribution in [2.75, 3.05) is 32.1 Å². The van der Waals surface area contributed by atoms with Crippen molar-refractivity contribution < 1.29 is 17.9 Å². The predicted octanol–water partition coefficient (Wildman–Crippen LogP) is 1.87. The van der Waals surface area contributed by atoms with Crippen LogP contribution in [0, 0.1) is 5.92 Å². The third kappa shape index (κ3) is 4.61. The van der Waals surface area contributed by atoms with Crippen molar-refractivity contribution in [2.45, 2.75) is 25.2 Å². The lowest BCUT2D eigenvalue weighted by molar-refractivity contribution is 0.171. The quantitative estimate of drug-likeness (QED) is 0.779. The highest BCUT2D eigenvalue weighted by Crippen LogP contribution is 2.32. The summed E-state index contributed by atoms with van der Waals surface area (Å²) in [6.45, 7) is 6.82. The lowest BCUT2D eigenvalue weighted by Gasteiger charge is -2.18. The maximum absolute atomic E-state index is 12.3. The minimum absolute atomic E-state index is 0.137. The summed E-state index contributed by atoms with van der Waals surface area (Å²) in [5, 5.41) is 3.25. The first-order chi connectivity index (χ1) is 9.99. The van der Waals surface area contributed by atoms with Crippen LogP contribution in [0.1, 0.15) is 20.3 Å². The van der Waals surface area contributed by atoms with Crippen LogP contribution >= 0.6 is 0 Å². The molecule has 1 aromatic rings. The summed E-state index contributed by atoms with van der Waals surface area (Å²) < 4.78 is 35.4. The first-order valence-electron chi connectivity index (χ1n) is 7.32. The van der Waals surface area contributed by atoms with E-state index in [-0.39, 0.29) is 5.75 Å². The first-order valence-corrected chi connectivity index (χ1v) is 8.97. The summed E-state index contributed by atoms with van der Waals surface area (Å²) in [6.07, 6.45) is 0.601. The van der Waals surface area contributed by atoms with E-state index in [1.54, 1.807) is 18.2 Å². The number of sulfone groups is 1. The molecule has 0 fully saturated rings. The Morgan fingerprint density at radius 3 is 2.62 bits per heavy atom. The molecule has 0 aromatic heterocycles. The van der Waals surface area contributed by atoms with Crippen molar-refractivity contribution in [3.63, 3.8) is 0 Å². The fourth-order valence-corrected chi connectivity index (χ4v) is 3.43. The molecule has 1 N–H and O–H groups in total. The molecule has 5 nitrogen and oxygen atoms in total. The van der Waals surface area contributed by atoms with E-state index in [9.17, 15) is 8.42 Å². The molecule has 0 amide bonds. The van der Waals surface area contributed by atoms with Crippen LogP contribution < -0.4 is 14.8 Å². The molecule has 0 saturated heterocycles. The molecule has 0 atom stereocenters. The summed E-state index contributed by atoms with van der Waals surface area (Å²) in [5.41, 5.74) is 0. The van der Waals surface area contributed by atoms with Gasteiger partial charge in [0.15, 0.2) is 21.3 Å². The van der Waals surface area contributed by atoms with Gasteiger partial charge in [-0.1, -0.05) is 13.8 Å². The monoisotopic (exact) mass is 313 g/mol. The van der Waals surface area contributed by atoms with Crippen molar-refractivity contribution in [1.82, 2.24) is 5.32 Å². The fourth-order valence-electron chi connectivity index (χ4n) is 2.11. The van der Waals surface area contributed by atoms with Gasteiger partial charge in [-0.2, -0.15) is 0 Å². The molecule has 21 heavy (non-hydrogen) atoms. The molecule has 0 aliphatic carbocycles. The zero-order valence-electron chi connectivity index (χ0n) is 12.6. The lowest BCUT2D eigenvalue weighted by atomic mass is 10.2. The molecule has 1 aromatic carbocycles. The highest BCUT2D eigenvalue weighted by atomic mass is 32.2. The van der Waals surface area contributed by atoms with Crippen molar-refractivity contribution >= 4 is 9.84 Å². The van der Waals surface area contributed by atoms with Crippen molar-refractivity contribution in [3.05, 3.63) is 18.2 Å². The average molecular weight is 313 g/mol. The van der Waals surface area contributed by atoms with Crippen LogP contribution in [-0.2, 0) is 9.84 Å². The number of ether oxygens (including phenoxy) is 2. The van der Waals surface area contributed by atoms with Gasteiger partial charge < -0.3 is 14.8 Å². The third-order valence-electron chi connectivity index (χ3n) is 3.19. The van der Waals surface area contributed by atoms with Crippen molar-refractivity contribution in [3.8, 4) is 11.5 Å². The van der Waals surface area contributed by atoms with Gasteiger partial charge in [-0.05, 0) is 37.6 Å². The molecule has 6 heteroatoms. The number of hydrogen-bond acceptors (Lipinski definition) is 5. The second-order valence-electron chi connectivity index (χ2n) is 5.58. The largest absolute Gasteiger partial charge is 0.486 e. The van der Waals surface area contributed by atoms with Gasteiger partial charge in [0.05, 0.1) is 10.6 Å². The Kier molecular flexibility index (Phi) is 5.47. The summed E-state index contributed by atoms with van der Waals surface area (Å²) in [6, 6.07) is 4.81. The zero-order chi connectivity index (χ0) is 15.3. The molecule has 0 radical (unpaired) electrons. The van der Waals surface area contributed by atoms with E-state index in [0.29, 0.717) is 48.5 Å². The molecule has 2 rings (SSSR count). The van der Waals surface area contributed by atoms with Crippen molar-refractivity contribution in [2.24, 2.45) is 5.92 Å². The highest BCUT2D eigenvalue weighted by molar-refractivity contribution is 7.91. The molecular weight excluding hydrogens is 290 g/mol. The van der Waals surface area contributed by atoms with Gasteiger partial charge in [-0.3, -0.25) is 0 Å². The van der Waals surface area contributed by atoms with Crippen LogP contribution in [0.2, 0.25) is 0 Å². The Balaban J connectivity index is 1.93. The van der Waals surface area contributed by atoms with Crippen LogP contribution in [0.25, 0.3) is 0 Å². The normalized spacial score (nSPS) is 14.4. The molecule has 1 heterocycles. The smallest absolute Gasteiger partial charge is 0.178 e. The van der Waals surface area contributed by atoms with Crippen LogP contribution in [0.3, 0.4) is 0 Å². The predicted molar refractivity (Wildman–Crippen MR) is 81.8 cm³/mol. The summed E-state index contributed by atoms with van der Waals surface area (Å²) >= 11 is 0. The van der Waals surface area contributed by atoms with Crippen LogP contribution in [0.15, 0.2) is 23.1 Å². The van der Waals surface area contributed by atoms with E-state index < -0.39 is 9.84 Å². The van der Waals surface area contributed by atoms with E-state index >= 15 is 0 Å². The van der Waals surface area contributed by atoms with Crippen LogP contribution in [0.5, 0.6) is 11.5 Å². The molecule has 0 unspecified atom stereocenters. The average Bonchev–Trinajstić information content (AvgIpc) is 2.46. The molecule has 1 aliphatic heterocycles. The van der Waals surface area contributed by atoms with Crippen LogP contribution in [0.4, 0.5) is 0 Å². The topological polar surface area (TPSA) is 64.6 Å². The number of fused-ring (bicyclic) bond motifs is 1.